The highest BCUT2D eigenvalue weighted by Crippen LogP contribution is 2.19. The van der Waals surface area contributed by atoms with Gasteiger partial charge >= 0.3 is 5.97 Å². The maximum absolute atomic E-state index is 12.6. The Balaban J connectivity index is 3.16. The first-order chi connectivity index (χ1) is 10.6. The van der Waals surface area contributed by atoms with Crippen molar-refractivity contribution in [2.45, 2.75) is 24.8 Å². The number of sulfonamides is 1. The molecule has 1 amide bonds. The van der Waals surface area contributed by atoms with E-state index >= 15 is 0 Å². The van der Waals surface area contributed by atoms with E-state index in [1.165, 1.54) is 43.1 Å². The number of nitrogens with zero attached hydrogens (tertiary/aromatic N) is 2. The SMILES string of the molecule is CCOC(=O)C(C)N(C)S(=O)(=O)c1cccc(C(=O)N(C)C)c1. The molecular weight excluding hydrogens is 320 g/mol. The largest absolute Gasteiger partial charge is 0.465 e. The monoisotopic (exact) mass is 342 g/mol. The van der Waals surface area contributed by atoms with E-state index in [1.807, 2.05) is 0 Å². The Kier molecular flexibility index (Phi) is 6.28. The van der Waals surface area contributed by atoms with Gasteiger partial charge in [-0.15, -0.1) is 0 Å². The molecule has 0 heterocycles. The Labute approximate surface area is 136 Å². The summed E-state index contributed by atoms with van der Waals surface area (Å²) in [6.07, 6.45) is 0. The molecule has 1 aromatic carbocycles. The summed E-state index contributed by atoms with van der Waals surface area (Å²) in [6.45, 7) is 3.27. The highest BCUT2D eigenvalue weighted by atomic mass is 32.2. The number of amides is 1. The van der Waals surface area contributed by atoms with E-state index in [9.17, 15) is 18.0 Å². The summed E-state index contributed by atoms with van der Waals surface area (Å²) in [5.41, 5.74) is 0.258. The zero-order valence-electron chi connectivity index (χ0n) is 13.9. The summed E-state index contributed by atoms with van der Waals surface area (Å²) in [4.78, 5) is 25.0. The van der Waals surface area contributed by atoms with E-state index < -0.39 is 22.0 Å². The lowest BCUT2D eigenvalue weighted by Crippen LogP contribution is -2.41. The second-order valence-electron chi connectivity index (χ2n) is 5.18. The number of hydrogen-bond acceptors (Lipinski definition) is 5. The molecule has 0 bridgehead atoms. The molecule has 0 saturated heterocycles. The minimum absolute atomic E-state index is 0.0520. The van der Waals surface area contributed by atoms with Crippen molar-refractivity contribution in [3.8, 4) is 0 Å². The van der Waals surface area contributed by atoms with Crippen LogP contribution in [0.1, 0.15) is 24.2 Å². The molecule has 0 aliphatic carbocycles. The van der Waals surface area contributed by atoms with Crippen LogP contribution >= 0.6 is 0 Å². The van der Waals surface area contributed by atoms with Gasteiger partial charge in [0, 0.05) is 26.7 Å². The third-order valence-corrected chi connectivity index (χ3v) is 5.26. The van der Waals surface area contributed by atoms with Crippen molar-refractivity contribution in [3.63, 3.8) is 0 Å². The summed E-state index contributed by atoms with van der Waals surface area (Å²) >= 11 is 0. The normalized spacial score (nSPS) is 12.8. The van der Waals surface area contributed by atoms with Crippen molar-refractivity contribution >= 4 is 21.9 Å². The lowest BCUT2D eigenvalue weighted by molar-refractivity contribution is -0.146. The second kappa shape index (κ2) is 7.56. The van der Waals surface area contributed by atoms with E-state index in [0.29, 0.717) is 0 Å². The van der Waals surface area contributed by atoms with Crippen molar-refractivity contribution in [2.24, 2.45) is 0 Å². The van der Waals surface area contributed by atoms with Gasteiger partial charge in [-0.25, -0.2) is 8.42 Å². The molecule has 8 heteroatoms. The molecule has 0 spiro atoms. The van der Waals surface area contributed by atoms with Crippen molar-refractivity contribution in [2.75, 3.05) is 27.7 Å². The predicted molar refractivity (Wildman–Crippen MR) is 85.5 cm³/mol. The molecule has 0 aliphatic heterocycles. The number of benzene rings is 1. The fourth-order valence-electron chi connectivity index (χ4n) is 1.83. The Morgan fingerprint density at radius 2 is 1.83 bits per heavy atom. The van der Waals surface area contributed by atoms with E-state index in [2.05, 4.69) is 0 Å². The topological polar surface area (TPSA) is 84.0 Å². The van der Waals surface area contributed by atoms with Gasteiger partial charge in [0.2, 0.25) is 10.0 Å². The van der Waals surface area contributed by atoms with Crippen LogP contribution in [0.4, 0.5) is 0 Å². The minimum atomic E-state index is -3.92. The molecule has 1 unspecified atom stereocenters. The smallest absolute Gasteiger partial charge is 0.324 e. The number of carbonyl (C=O) groups is 2. The summed E-state index contributed by atoms with van der Waals surface area (Å²) in [6, 6.07) is 4.75. The molecule has 0 N–H and O–H groups in total. The van der Waals surface area contributed by atoms with Crippen LogP contribution in [0.3, 0.4) is 0 Å². The van der Waals surface area contributed by atoms with Gasteiger partial charge in [0.25, 0.3) is 5.91 Å². The molecule has 0 aromatic heterocycles. The molecule has 7 nitrogen and oxygen atoms in total. The molecular formula is C15H22N2O5S. The Bertz CT molecular complexity index is 685. The number of ether oxygens (including phenoxy) is 1. The Morgan fingerprint density at radius 1 is 1.22 bits per heavy atom. The van der Waals surface area contributed by atoms with Crippen LogP contribution in [0.5, 0.6) is 0 Å². The van der Waals surface area contributed by atoms with E-state index in [-0.39, 0.29) is 23.0 Å². The molecule has 23 heavy (non-hydrogen) atoms. The third kappa shape index (κ3) is 4.29. The van der Waals surface area contributed by atoms with Crippen molar-refractivity contribution < 1.29 is 22.7 Å². The van der Waals surface area contributed by atoms with Crippen LogP contribution in [0.15, 0.2) is 29.2 Å². The van der Waals surface area contributed by atoms with Crippen LogP contribution in [0.2, 0.25) is 0 Å². The highest BCUT2D eigenvalue weighted by molar-refractivity contribution is 7.89. The average Bonchev–Trinajstić information content (AvgIpc) is 2.52. The number of esters is 1. The molecule has 0 fully saturated rings. The van der Waals surface area contributed by atoms with Crippen molar-refractivity contribution in [3.05, 3.63) is 29.8 Å². The Hall–Kier alpha value is -1.93. The molecule has 0 aliphatic rings. The van der Waals surface area contributed by atoms with Gasteiger partial charge in [-0.3, -0.25) is 9.59 Å². The van der Waals surface area contributed by atoms with Gasteiger partial charge in [0.05, 0.1) is 11.5 Å². The lowest BCUT2D eigenvalue weighted by atomic mass is 10.2. The van der Waals surface area contributed by atoms with Gasteiger partial charge in [-0.05, 0) is 32.0 Å². The molecule has 1 atom stereocenters. The zero-order valence-corrected chi connectivity index (χ0v) is 14.8. The van der Waals surface area contributed by atoms with Crippen molar-refractivity contribution in [1.29, 1.82) is 0 Å². The number of rotatable bonds is 6. The fourth-order valence-corrected chi connectivity index (χ4v) is 3.19. The maximum atomic E-state index is 12.6. The van der Waals surface area contributed by atoms with Gasteiger partial charge in [0.1, 0.15) is 6.04 Å². The molecule has 1 aromatic rings. The van der Waals surface area contributed by atoms with Crippen LogP contribution in [-0.2, 0) is 19.6 Å². The second-order valence-corrected chi connectivity index (χ2v) is 7.17. The van der Waals surface area contributed by atoms with Crippen molar-refractivity contribution in [1.82, 2.24) is 9.21 Å². The highest BCUT2D eigenvalue weighted by Gasteiger charge is 2.30. The summed E-state index contributed by atoms with van der Waals surface area (Å²) in [5, 5.41) is 0. The summed E-state index contributed by atoms with van der Waals surface area (Å²) < 4.78 is 31.0. The zero-order chi connectivity index (χ0) is 17.8. The Morgan fingerprint density at radius 3 is 2.35 bits per heavy atom. The third-order valence-electron chi connectivity index (χ3n) is 3.34. The summed E-state index contributed by atoms with van der Waals surface area (Å²) in [7, 11) is 0.545. The standard InChI is InChI=1S/C15H22N2O5S/c1-6-22-15(19)11(2)17(5)23(20,21)13-9-7-8-12(10-13)14(18)16(3)4/h7-11H,6H2,1-5H3. The van der Waals surface area contributed by atoms with Gasteiger partial charge < -0.3 is 9.64 Å². The van der Waals surface area contributed by atoms with Crippen LogP contribution in [-0.4, -0.2) is 63.3 Å². The van der Waals surface area contributed by atoms with Crippen LogP contribution in [0, 0.1) is 0 Å². The molecule has 1 rings (SSSR count). The molecule has 128 valence electrons. The first-order valence-corrected chi connectivity index (χ1v) is 8.53. The number of likely N-dealkylation sites (N-methyl/N-ethyl adjacent to an activating group) is 1. The molecule has 0 radical (unpaired) electrons. The van der Waals surface area contributed by atoms with Gasteiger partial charge in [-0.2, -0.15) is 4.31 Å². The maximum Gasteiger partial charge on any atom is 0.324 e. The first-order valence-electron chi connectivity index (χ1n) is 7.09. The van der Waals surface area contributed by atoms with E-state index in [4.69, 9.17) is 4.74 Å². The lowest BCUT2D eigenvalue weighted by Gasteiger charge is -2.23. The minimum Gasteiger partial charge on any atom is -0.465 e. The van der Waals surface area contributed by atoms with Crippen LogP contribution in [0.25, 0.3) is 0 Å². The summed E-state index contributed by atoms with van der Waals surface area (Å²) in [5.74, 6) is -0.928. The van der Waals surface area contributed by atoms with Crippen LogP contribution < -0.4 is 0 Å². The fraction of sp³-hybridized carbons (Fsp3) is 0.467. The van der Waals surface area contributed by atoms with Gasteiger partial charge in [0.15, 0.2) is 0 Å². The average molecular weight is 342 g/mol. The first kappa shape index (κ1) is 19.1. The van der Waals surface area contributed by atoms with E-state index in [1.54, 1.807) is 21.0 Å². The van der Waals surface area contributed by atoms with Gasteiger partial charge in [-0.1, -0.05) is 6.07 Å². The predicted octanol–water partition coefficient (Wildman–Crippen LogP) is 0.961. The quantitative estimate of drug-likeness (QED) is 0.719. The van der Waals surface area contributed by atoms with E-state index in [0.717, 1.165) is 4.31 Å². The number of hydrogen-bond donors (Lipinski definition) is 0. The number of carbonyl (C=O) groups excluding carboxylic acids is 2. The molecule has 0 saturated carbocycles.